The summed E-state index contributed by atoms with van der Waals surface area (Å²) >= 11 is 0. The molecular weight excluding hydrogens is 297 g/mol. The third kappa shape index (κ3) is 3.61. The Kier molecular flexibility index (Phi) is 4.47. The number of aromatic amines is 1. The van der Waals surface area contributed by atoms with Crippen LogP contribution >= 0.6 is 0 Å². The van der Waals surface area contributed by atoms with Crippen molar-refractivity contribution in [1.29, 1.82) is 0 Å². The molecule has 0 spiro atoms. The van der Waals surface area contributed by atoms with Gasteiger partial charge in [0.05, 0.1) is 11.8 Å². The fourth-order valence-corrected chi connectivity index (χ4v) is 3.12. The van der Waals surface area contributed by atoms with Crippen molar-refractivity contribution < 1.29 is 9.18 Å². The largest absolute Gasteiger partial charge is 0.365 e. The van der Waals surface area contributed by atoms with Gasteiger partial charge in [0.15, 0.2) is 0 Å². The van der Waals surface area contributed by atoms with Crippen LogP contribution in [0, 0.1) is 6.92 Å². The molecule has 0 aromatic carbocycles. The first kappa shape index (κ1) is 15.7. The molecule has 7 heteroatoms. The molecule has 2 aromatic heterocycles. The topological polar surface area (TPSA) is 66.0 Å². The molecule has 1 saturated heterocycles. The van der Waals surface area contributed by atoms with E-state index in [4.69, 9.17) is 0 Å². The monoisotopic (exact) mass is 319 g/mol. The maximum Gasteiger partial charge on any atom is 0.253 e. The van der Waals surface area contributed by atoms with E-state index in [0.29, 0.717) is 31.6 Å². The van der Waals surface area contributed by atoms with Crippen molar-refractivity contribution in [3.8, 4) is 0 Å². The van der Waals surface area contributed by atoms with Gasteiger partial charge >= 0.3 is 0 Å². The van der Waals surface area contributed by atoms with Gasteiger partial charge in [-0.3, -0.25) is 14.4 Å². The van der Waals surface area contributed by atoms with Crippen molar-refractivity contribution in [3.05, 3.63) is 41.5 Å². The molecule has 1 aliphatic rings. The number of aryl methyl sites for hydroxylation is 2. The molecule has 1 fully saturated rings. The van der Waals surface area contributed by atoms with Crippen molar-refractivity contribution >= 4 is 5.91 Å². The first-order chi connectivity index (χ1) is 11.0. The number of nitrogens with one attached hydrogen (secondary N) is 2. The SMILES string of the molecule is Cc1[nH]ccc1C(=O)NC[C@@H]1C[C@H](F)CN1Cc1cnn(C)c1. The first-order valence-corrected chi connectivity index (χ1v) is 7.80. The first-order valence-electron chi connectivity index (χ1n) is 7.80. The lowest BCUT2D eigenvalue weighted by molar-refractivity contribution is 0.0939. The maximum absolute atomic E-state index is 13.8. The number of carbonyl (C=O) groups excluding carboxylic acids is 1. The highest BCUT2D eigenvalue weighted by molar-refractivity contribution is 5.95. The average Bonchev–Trinajstić information content (AvgIpc) is 3.18. The van der Waals surface area contributed by atoms with E-state index in [9.17, 15) is 9.18 Å². The van der Waals surface area contributed by atoms with Gasteiger partial charge in [-0.2, -0.15) is 5.10 Å². The van der Waals surface area contributed by atoms with Crippen LogP contribution in [-0.4, -0.2) is 50.9 Å². The second kappa shape index (κ2) is 6.54. The van der Waals surface area contributed by atoms with E-state index in [2.05, 4.69) is 20.3 Å². The van der Waals surface area contributed by atoms with E-state index in [1.807, 2.05) is 20.2 Å². The molecule has 0 aliphatic carbocycles. The van der Waals surface area contributed by atoms with Gasteiger partial charge in [-0.05, 0) is 19.4 Å². The summed E-state index contributed by atoms with van der Waals surface area (Å²) in [7, 11) is 1.86. The molecule has 2 N–H and O–H groups in total. The van der Waals surface area contributed by atoms with E-state index in [-0.39, 0.29) is 11.9 Å². The van der Waals surface area contributed by atoms with Gasteiger partial charge in [0.1, 0.15) is 6.17 Å². The number of hydrogen-bond acceptors (Lipinski definition) is 3. The Hall–Kier alpha value is -2.15. The Bertz CT molecular complexity index is 680. The standard InChI is InChI=1S/C16H22FN5O/c1-11-15(3-4-18-11)16(23)19-7-14-5-13(17)10-22(14)9-12-6-20-21(2)8-12/h3-4,6,8,13-14,18H,5,7,9-10H2,1-2H3,(H,19,23)/t13-,14-/m0/s1. The summed E-state index contributed by atoms with van der Waals surface area (Å²) < 4.78 is 15.6. The minimum atomic E-state index is -0.845. The van der Waals surface area contributed by atoms with Crippen LogP contribution in [0.2, 0.25) is 0 Å². The number of carbonyl (C=O) groups is 1. The number of rotatable bonds is 5. The van der Waals surface area contributed by atoms with E-state index < -0.39 is 6.17 Å². The molecule has 23 heavy (non-hydrogen) atoms. The summed E-state index contributed by atoms with van der Waals surface area (Å²) in [5.41, 5.74) is 2.53. The predicted molar refractivity (Wildman–Crippen MR) is 84.8 cm³/mol. The van der Waals surface area contributed by atoms with Gasteiger partial charge < -0.3 is 10.3 Å². The quantitative estimate of drug-likeness (QED) is 0.875. The third-order valence-electron chi connectivity index (χ3n) is 4.32. The summed E-state index contributed by atoms with van der Waals surface area (Å²) in [6, 6.07) is 1.76. The molecule has 2 aromatic rings. The molecule has 0 radical (unpaired) electrons. The number of alkyl halides is 1. The van der Waals surface area contributed by atoms with E-state index in [1.165, 1.54) is 0 Å². The van der Waals surface area contributed by atoms with Crippen LogP contribution in [-0.2, 0) is 13.6 Å². The zero-order valence-electron chi connectivity index (χ0n) is 13.4. The van der Waals surface area contributed by atoms with E-state index >= 15 is 0 Å². The van der Waals surface area contributed by atoms with Crippen molar-refractivity contribution in [2.45, 2.75) is 32.1 Å². The predicted octanol–water partition coefficient (Wildman–Crippen LogP) is 1.40. The molecule has 3 heterocycles. The van der Waals surface area contributed by atoms with Gasteiger partial charge in [0, 0.05) is 56.4 Å². The van der Waals surface area contributed by atoms with Gasteiger partial charge in [0.25, 0.3) is 5.91 Å². The second-order valence-corrected chi connectivity index (χ2v) is 6.16. The lowest BCUT2D eigenvalue weighted by atomic mass is 10.2. The fraction of sp³-hybridized carbons (Fsp3) is 0.500. The molecule has 124 valence electrons. The summed E-state index contributed by atoms with van der Waals surface area (Å²) in [6.07, 6.45) is 5.08. The minimum absolute atomic E-state index is 0.00778. The van der Waals surface area contributed by atoms with Crippen LogP contribution in [0.25, 0.3) is 0 Å². The normalized spacial score (nSPS) is 21.7. The molecule has 1 aliphatic heterocycles. The van der Waals surface area contributed by atoms with Crippen LogP contribution < -0.4 is 5.32 Å². The fourth-order valence-electron chi connectivity index (χ4n) is 3.12. The third-order valence-corrected chi connectivity index (χ3v) is 4.32. The molecule has 0 unspecified atom stereocenters. The van der Waals surface area contributed by atoms with Crippen LogP contribution in [0.3, 0.4) is 0 Å². The second-order valence-electron chi connectivity index (χ2n) is 6.16. The molecule has 3 rings (SSSR count). The number of nitrogens with zero attached hydrogens (tertiary/aromatic N) is 3. The number of amides is 1. The van der Waals surface area contributed by atoms with Crippen molar-refractivity contribution in [1.82, 2.24) is 25.0 Å². The number of halogens is 1. The summed E-state index contributed by atoms with van der Waals surface area (Å²) in [5.74, 6) is -0.118. The zero-order chi connectivity index (χ0) is 16.4. The highest BCUT2D eigenvalue weighted by atomic mass is 19.1. The Labute approximate surface area is 134 Å². The van der Waals surface area contributed by atoms with E-state index in [1.54, 1.807) is 23.1 Å². The Balaban J connectivity index is 1.59. The smallest absolute Gasteiger partial charge is 0.253 e. The molecule has 0 bridgehead atoms. The van der Waals surface area contributed by atoms with Crippen LogP contribution in [0.1, 0.15) is 28.0 Å². The minimum Gasteiger partial charge on any atom is -0.365 e. The van der Waals surface area contributed by atoms with Gasteiger partial charge in [-0.25, -0.2) is 4.39 Å². The van der Waals surface area contributed by atoms with Crippen LogP contribution in [0.15, 0.2) is 24.7 Å². The highest BCUT2D eigenvalue weighted by Gasteiger charge is 2.32. The number of hydrogen-bond donors (Lipinski definition) is 2. The number of aromatic nitrogens is 3. The van der Waals surface area contributed by atoms with E-state index in [0.717, 1.165) is 11.3 Å². The maximum atomic E-state index is 13.8. The molecular formula is C16H22FN5O. The summed E-state index contributed by atoms with van der Waals surface area (Å²) in [4.78, 5) is 17.2. The van der Waals surface area contributed by atoms with Gasteiger partial charge in [-0.1, -0.05) is 0 Å². The zero-order valence-corrected chi connectivity index (χ0v) is 13.4. The van der Waals surface area contributed by atoms with Crippen LogP contribution in [0.5, 0.6) is 0 Å². The van der Waals surface area contributed by atoms with Crippen molar-refractivity contribution in [2.24, 2.45) is 7.05 Å². The molecule has 6 nitrogen and oxygen atoms in total. The van der Waals surface area contributed by atoms with Gasteiger partial charge in [0.2, 0.25) is 0 Å². The molecule has 0 saturated carbocycles. The number of likely N-dealkylation sites (tertiary alicyclic amines) is 1. The molecule has 2 atom stereocenters. The van der Waals surface area contributed by atoms with Crippen molar-refractivity contribution in [3.63, 3.8) is 0 Å². The highest BCUT2D eigenvalue weighted by Crippen LogP contribution is 2.22. The summed E-state index contributed by atoms with van der Waals surface area (Å²) in [6.45, 7) is 3.36. The Morgan fingerprint density at radius 1 is 1.57 bits per heavy atom. The summed E-state index contributed by atoms with van der Waals surface area (Å²) in [5, 5.41) is 7.06. The average molecular weight is 319 g/mol. The van der Waals surface area contributed by atoms with Crippen LogP contribution in [0.4, 0.5) is 4.39 Å². The molecule has 1 amide bonds. The lowest BCUT2D eigenvalue weighted by Gasteiger charge is -2.23. The Morgan fingerprint density at radius 2 is 2.39 bits per heavy atom. The Morgan fingerprint density at radius 3 is 3.04 bits per heavy atom. The van der Waals surface area contributed by atoms with Crippen molar-refractivity contribution in [2.75, 3.05) is 13.1 Å². The number of H-pyrrole nitrogens is 1. The lowest BCUT2D eigenvalue weighted by Crippen LogP contribution is -2.39. The van der Waals surface area contributed by atoms with Gasteiger partial charge in [-0.15, -0.1) is 0 Å².